The van der Waals surface area contributed by atoms with E-state index in [-0.39, 0.29) is 10.5 Å². The summed E-state index contributed by atoms with van der Waals surface area (Å²) in [6.07, 6.45) is 2.12. The van der Waals surface area contributed by atoms with E-state index in [0.29, 0.717) is 0 Å². The number of nitrogen functional groups attached to an aromatic ring is 1. The maximum Gasteiger partial charge on any atom is 0.354 e. The number of hydrogen-bond acceptors (Lipinski definition) is 3. The molecule has 0 radical (unpaired) electrons. The molecule has 1 aromatic heterocycles. The first-order valence-corrected chi connectivity index (χ1v) is 5.26. The number of benzene rings is 1. The number of para-hydroxylation sites is 1. The van der Waals surface area contributed by atoms with Gasteiger partial charge in [-0.2, -0.15) is 4.98 Å². The minimum atomic E-state index is 0.0283. The topological polar surface area (TPSA) is 50.9 Å². The summed E-state index contributed by atoms with van der Waals surface area (Å²) in [5.74, 6) is 5.33. The van der Waals surface area contributed by atoms with Crippen LogP contribution in [0.15, 0.2) is 24.3 Å². The second kappa shape index (κ2) is 2.73. The first-order chi connectivity index (χ1) is 5.83. The number of rotatable bonds is 1. The van der Waals surface area contributed by atoms with Gasteiger partial charge in [0.1, 0.15) is 11.8 Å². The van der Waals surface area contributed by atoms with Crippen LogP contribution in [0.1, 0.15) is 0 Å². The molecule has 2 aromatic rings. The fourth-order valence-electron chi connectivity index (χ4n) is 1.21. The van der Waals surface area contributed by atoms with Crippen LogP contribution < -0.4 is 11.3 Å². The van der Waals surface area contributed by atoms with Crippen LogP contribution >= 0.6 is 10.5 Å². The number of aryl methyl sites for hydroxylation is 1. The molecule has 1 aromatic carbocycles. The Morgan fingerprint density at radius 3 is 2.83 bits per heavy atom. The summed E-state index contributed by atoms with van der Waals surface area (Å²) in [6.45, 7) is 0. The summed E-state index contributed by atoms with van der Waals surface area (Å²) < 4.78 is 1.27. The molecule has 0 aliphatic rings. The normalized spacial score (nSPS) is 12.0. The fourth-order valence-corrected chi connectivity index (χ4v) is 2.54. The molecule has 4 heteroatoms. The molecule has 1 heterocycles. The highest BCUT2D eigenvalue weighted by atomic mass is 32.2. The average Bonchev–Trinajstić information content (AvgIpc) is 2.44. The molecule has 0 amide bonds. The first kappa shape index (κ1) is 7.52. The molecular weight excluding hydrogens is 170 g/mol. The minimum absolute atomic E-state index is 0.0283. The summed E-state index contributed by atoms with van der Waals surface area (Å²) in [4.78, 5) is 4.34. The predicted molar refractivity (Wildman–Crippen MR) is 53.0 cm³/mol. The van der Waals surface area contributed by atoms with Crippen LogP contribution in [0.4, 0.5) is 5.13 Å². The van der Waals surface area contributed by atoms with Gasteiger partial charge >= 0.3 is 5.13 Å². The van der Waals surface area contributed by atoms with Crippen molar-refractivity contribution < 1.29 is 0 Å². The summed E-state index contributed by atoms with van der Waals surface area (Å²) >= 11 is 0. The number of aromatic nitrogens is 1. The molecule has 12 heavy (non-hydrogen) atoms. The molecule has 1 atom stereocenters. The van der Waals surface area contributed by atoms with E-state index in [1.807, 2.05) is 18.2 Å². The lowest BCUT2D eigenvalue weighted by atomic mass is 10.3. The molecule has 0 aliphatic heterocycles. The van der Waals surface area contributed by atoms with Crippen molar-refractivity contribution in [3.63, 3.8) is 0 Å². The smallest absolute Gasteiger partial charge is 0.263 e. The third kappa shape index (κ3) is 0.964. The summed E-state index contributed by atoms with van der Waals surface area (Å²) in [5, 5.41) is 0.871. The van der Waals surface area contributed by atoms with E-state index < -0.39 is 0 Å². The van der Waals surface area contributed by atoms with Crippen LogP contribution in [0.5, 0.6) is 0 Å². The summed E-state index contributed by atoms with van der Waals surface area (Å²) in [6, 6.07) is 8.10. The maximum atomic E-state index is 5.33. The Hall–Kier alpha value is -1.13. The molecule has 0 saturated carbocycles. The van der Waals surface area contributed by atoms with Gasteiger partial charge in [-0.15, -0.1) is 0 Å². The van der Waals surface area contributed by atoms with E-state index in [2.05, 4.69) is 22.7 Å². The van der Waals surface area contributed by atoms with Gasteiger partial charge in [0.25, 0.3) is 0 Å². The molecule has 3 N–H and O–H groups in total. The van der Waals surface area contributed by atoms with E-state index in [4.69, 9.17) is 5.84 Å². The van der Waals surface area contributed by atoms with Crippen LogP contribution in [0.3, 0.4) is 0 Å². The Kier molecular flexibility index (Phi) is 1.71. The van der Waals surface area contributed by atoms with Gasteiger partial charge in [-0.05, 0) is 6.07 Å². The van der Waals surface area contributed by atoms with Crippen molar-refractivity contribution in [2.45, 2.75) is 0 Å². The van der Waals surface area contributed by atoms with Crippen molar-refractivity contribution in [2.24, 2.45) is 12.1 Å². The number of fused-ring (bicyclic) bond motifs is 1. The largest absolute Gasteiger partial charge is 0.354 e. The van der Waals surface area contributed by atoms with Crippen molar-refractivity contribution in [2.75, 3.05) is 5.43 Å². The Morgan fingerprint density at radius 2 is 2.17 bits per heavy atom. The van der Waals surface area contributed by atoms with Crippen molar-refractivity contribution in [1.82, 2.24) is 4.98 Å². The van der Waals surface area contributed by atoms with E-state index >= 15 is 0 Å². The molecule has 0 bridgehead atoms. The Labute approximate surface area is 73.2 Å². The fraction of sp³-hybridized carbons (Fsp3) is 0.125. The van der Waals surface area contributed by atoms with Gasteiger partial charge in [-0.3, -0.25) is 5.43 Å². The number of hydrogen-bond donors (Lipinski definition) is 2. The van der Waals surface area contributed by atoms with Crippen molar-refractivity contribution in [3.8, 4) is 0 Å². The van der Waals surface area contributed by atoms with E-state index in [0.717, 1.165) is 10.6 Å². The SMILES string of the molecule is C[s+]1c(NN)nc2ccccc21. The standard InChI is InChI=1S/C8H10N3S/c1-12-7-5-3-2-4-6(7)10-8(12)11-9/h2-5H,9H2,1H3,(H,10,11)/q+1. The number of nitrogens with one attached hydrogen (secondary N) is 1. The van der Waals surface area contributed by atoms with Gasteiger partial charge in [0.15, 0.2) is 0 Å². The molecule has 3 nitrogen and oxygen atoms in total. The molecule has 62 valence electrons. The number of anilines is 1. The molecule has 0 fully saturated rings. The molecular formula is C8H10N3S+. The number of hydrazine groups is 1. The summed E-state index contributed by atoms with van der Waals surface area (Å²) in [7, 11) is 0.0283. The van der Waals surface area contributed by atoms with Crippen LogP contribution in [-0.2, 0) is 6.26 Å². The van der Waals surface area contributed by atoms with Gasteiger partial charge in [0.2, 0.25) is 4.70 Å². The number of nitrogens with two attached hydrogens (primary N) is 1. The lowest BCUT2D eigenvalue weighted by Gasteiger charge is -1.83. The van der Waals surface area contributed by atoms with Crippen LogP contribution in [0.25, 0.3) is 10.2 Å². The molecule has 1 unspecified atom stereocenters. The zero-order valence-electron chi connectivity index (χ0n) is 6.74. The zero-order chi connectivity index (χ0) is 8.55. The quantitative estimate of drug-likeness (QED) is 0.400. The van der Waals surface area contributed by atoms with E-state index in [1.54, 1.807) is 0 Å². The van der Waals surface area contributed by atoms with Crippen molar-refractivity contribution in [1.29, 1.82) is 0 Å². The minimum Gasteiger partial charge on any atom is -0.263 e. The van der Waals surface area contributed by atoms with Crippen LogP contribution in [0, 0.1) is 0 Å². The van der Waals surface area contributed by atoms with Gasteiger partial charge < -0.3 is 0 Å². The second-order valence-electron chi connectivity index (χ2n) is 2.54. The maximum absolute atomic E-state index is 5.33. The van der Waals surface area contributed by atoms with Gasteiger partial charge in [0, 0.05) is 16.5 Å². The van der Waals surface area contributed by atoms with Crippen molar-refractivity contribution in [3.05, 3.63) is 24.3 Å². The Morgan fingerprint density at radius 1 is 1.42 bits per heavy atom. The van der Waals surface area contributed by atoms with Crippen molar-refractivity contribution >= 4 is 25.8 Å². The first-order valence-electron chi connectivity index (χ1n) is 3.63. The highest BCUT2D eigenvalue weighted by molar-refractivity contribution is 7.38. The van der Waals surface area contributed by atoms with E-state index in [1.165, 1.54) is 4.70 Å². The predicted octanol–water partition coefficient (Wildman–Crippen LogP) is 1.81. The number of thiazole rings is 1. The number of nitrogens with zero attached hydrogens (tertiary/aromatic N) is 1. The summed E-state index contributed by atoms with van der Waals surface area (Å²) in [5.41, 5.74) is 3.66. The van der Waals surface area contributed by atoms with Crippen LogP contribution in [-0.4, -0.2) is 4.98 Å². The second-order valence-corrected chi connectivity index (χ2v) is 4.39. The molecule has 0 spiro atoms. The zero-order valence-corrected chi connectivity index (χ0v) is 7.56. The third-order valence-corrected chi connectivity index (χ3v) is 3.62. The monoisotopic (exact) mass is 180 g/mol. The lowest BCUT2D eigenvalue weighted by molar-refractivity contribution is 1.31. The van der Waals surface area contributed by atoms with Gasteiger partial charge in [-0.25, -0.2) is 5.84 Å². The van der Waals surface area contributed by atoms with Crippen LogP contribution in [0.2, 0.25) is 0 Å². The Balaban J connectivity index is 2.78. The molecule has 2 rings (SSSR count). The highest BCUT2D eigenvalue weighted by Crippen LogP contribution is 2.34. The Bertz CT molecular complexity index is 408. The lowest BCUT2D eigenvalue weighted by Crippen LogP contribution is -2.06. The highest BCUT2D eigenvalue weighted by Gasteiger charge is 2.15. The average molecular weight is 180 g/mol. The van der Waals surface area contributed by atoms with Gasteiger partial charge in [0.05, 0.1) is 0 Å². The van der Waals surface area contributed by atoms with Gasteiger partial charge in [-0.1, -0.05) is 12.1 Å². The molecule has 0 saturated heterocycles. The third-order valence-electron chi connectivity index (χ3n) is 1.83. The molecule has 0 aliphatic carbocycles. The van der Waals surface area contributed by atoms with E-state index in [9.17, 15) is 0 Å².